The zero-order valence-electron chi connectivity index (χ0n) is 12.1. The molecule has 1 aromatic rings. The molecule has 8 nitrogen and oxygen atoms in total. The van der Waals surface area contributed by atoms with Crippen LogP contribution < -0.4 is 16.6 Å². The number of ether oxygens (including phenoxy) is 2. The van der Waals surface area contributed by atoms with E-state index in [1.54, 1.807) is 6.92 Å². The first-order chi connectivity index (χ1) is 10.1. The fraction of sp³-hybridized carbons (Fsp3) is 0.462. The fourth-order valence-electron chi connectivity index (χ4n) is 2.29. The van der Waals surface area contributed by atoms with Gasteiger partial charge >= 0.3 is 5.69 Å². The van der Waals surface area contributed by atoms with Gasteiger partial charge in [0.1, 0.15) is 19.3 Å². The maximum Gasteiger partial charge on any atom is 0.336 e. The highest BCUT2D eigenvalue weighted by Crippen LogP contribution is 2.26. The Morgan fingerprint density at radius 1 is 1.24 bits per heavy atom. The molecule has 1 aliphatic rings. The third kappa shape index (κ3) is 2.37. The number of anilines is 1. The normalized spacial score (nSPS) is 13.6. The summed E-state index contributed by atoms with van der Waals surface area (Å²) in [6.07, 6.45) is 0. The number of nitrogens with zero attached hydrogens (tertiary/aromatic N) is 3. The van der Waals surface area contributed by atoms with Crippen molar-refractivity contribution in [2.45, 2.75) is 20.4 Å². The van der Waals surface area contributed by atoms with Gasteiger partial charge in [0.25, 0.3) is 5.56 Å². The van der Waals surface area contributed by atoms with Crippen LogP contribution in [0.15, 0.2) is 15.2 Å². The van der Waals surface area contributed by atoms with Crippen LogP contribution in [0.1, 0.15) is 12.5 Å². The fourth-order valence-corrected chi connectivity index (χ4v) is 2.29. The average Bonchev–Trinajstić information content (AvgIpc) is 2.47. The average molecular weight is 292 g/mol. The van der Waals surface area contributed by atoms with Crippen molar-refractivity contribution in [3.05, 3.63) is 32.0 Å². The van der Waals surface area contributed by atoms with Crippen molar-refractivity contribution in [1.82, 2.24) is 9.13 Å². The van der Waals surface area contributed by atoms with Crippen LogP contribution >= 0.6 is 0 Å². The maximum absolute atomic E-state index is 12.5. The lowest BCUT2D eigenvalue weighted by molar-refractivity contribution is 0.106. The predicted molar refractivity (Wildman–Crippen MR) is 75.7 cm³/mol. The first-order valence-corrected chi connectivity index (χ1v) is 6.26. The van der Waals surface area contributed by atoms with Crippen molar-refractivity contribution in [3.63, 3.8) is 0 Å². The van der Waals surface area contributed by atoms with Crippen LogP contribution in [-0.4, -0.2) is 29.9 Å². The van der Waals surface area contributed by atoms with E-state index < -0.39 is 11.2 Å². The van der Waals surface area contributed by atoms with Gasteiger partial charge in [0, 0.05) is 14.2 Å². The summed E-state index contributed by atoms with van der Waals surface area (Å²) < 4.78 is 12.2. The summed E-state index contributed by atoms with van der Waals surface area (Å²) in [4.78, 5) is 24.8. The Balaban J connectivity index is 2.85. The molecule has 0 bridgehead atoms. The smallest absolute Gasteiger partial charge is 0.336 e. The Hall–Kier alpha value is -2.37. The summed E-state index contributed by atoms with van der Waals surface area (Å²) in [6.45, 7) is 1.79. The van der Waals surface area contributed by atoms with Crippen LogP contribution in [0.2, 0.25) is 0 Å². The highest BCUT2D eigenvalue weighted by atomic mass is 16.5. The van der Waals surface area contributed by atoms with Gasteiger partial charge in [-0.1, -0.05) is 0 Å². The van der Waals surface area contributed by atoms with Crippen LogP contribution in [0, 0.1) is 11.3 Å². The minimum Gasteiger partial charge on any atom is -0.366 e. The molecular weight excluding hydrogens is 276 g/mol. The maximum atomic E-state index is 12.5. The zero-order chi connectivity index (χ0) is 15.6. The molecule has 0 unspecified atom stereocenters. The van der Waals surface area contributed by atoms with E-state index in [9.17, 15) is 9.59 Å². The molecule has 1 aliphatic heterocycles. The highest BCUT2D eigenvalue weighted by molar-refractivity contribution is 5.80. The van der Waals surface area contributed by atoms with Crippen LogP contribution in [0.25, 0.3) is 5.57 Å². The van der Waals surface area contributed by atoms with Crippen LogP contribution in [0.4, 0.5) is 5.82 Å². The third-order valence-electron chi connectivity index (χ3n) is 3.34. The number of nitriles is 1. The van der Waals surface area contributed by atoms with E-state index in [2.05, 4.69) is 11.4 Å². The lowest BCUT2D eigenvalue weighted by Gasteiger charge is -2.24. The Bertz CT molecular complexity index is 751. The summed E-state index contributed by atoms with van der Waals surface area (Å²) in [5.74, 6) is 0.371. The molecule has 0 amide bonds. The second kappa shape index (κ2) is 5.95. The quantitative estimate of drug-likeness (QED) is 0.835. The van der Waals surface area contributed by atoms with Gasteiger partial charge in [0.2, 0.25) is 0 Å². The molecule has 0 atom stereocenters. The standard InChI is InChI=1S/C13H16N4O4/c1-8-9(4-14)5-15-11-10(8)12(18)17(7-21-3)13(19)16(11)6-20-2/h15H,5-7H2,1-3H3. The number of aromatic nitrogens is 2. The Kier molecular flexibility index (Phi) is 4.26. The van der Waals surface area contributed by atoms with Gasteiger partial charge in [-0.3, -0.25) is 9.36 Å². The number of methoxy groups -OCH3 is 2. The molecule has 2 rings (SSSR count). The van der Waals surface area contributed by atoms with E-state index in [1.807, 2.05) is 0 Å². The summed E-state index contributed by atoms with van der Waals surface area (Å²) >= 11 is 0. The number of hydrogen-bond acceptors (Lipinski definition) is 6. The lowest BCUT2D eigenvalue weighted by atomic mass is 10.0. The van der Waals surface area contributed by atoms with Crippen molar-refractivity contribution in [1.29, 1.82) is 5.26 Å². The lowest BCUT2D eigenvalue weighted by Crippen LogP contribution is -2.44. The summed E-state index contributed by atoms with van der Waals surface area (Å²) in [5, 5.41) is 12.1. The first-order valence-electron chi connectivity index (χ1n) is 6.26. The van der Waals surface area contributed by atoms with E-state index in [0.717, 1.165) is 4.57 Å². The summed E-state index contributed by atoms with van der Waals surface area (Å²) in [7, 11) is 2.85. The molecule has 8 heteroatoms. The first kappa shape index (κ1) is 15.0. The van der Waals surface area contributed by atoms with Gasteiger partial charge in [0.05, 0.1) is 23.8 Å². The van der Waals surface area contributed by atoms with Crippen molar-refractivity contribution in [3.8, 4) is 6.07 Å². The van der Waals surface area contributed by atoms with Crippen molar-refractivity contribution < 1.29 is 9.47 Å². The second-order valence-electron chi connectivity index (χ2n) is 4.57. The van der Waals surface area contributed by atoms with Crippen molar-refractivity contribution >= 4 is 11.4 Å². The minimum absolute atomic E-state index is 0.00662. The van der Waals surface area contributed by atoms with Gasteiger partial charge in [-0.05, 0) is 12.5 Å². The van der Waals surface area contributed by atoms with E-state index in [0.29, 0.717) is 22.5 Å². The van der Waals surface area contributed by atoms with E-state index in [-0.39, 0.29) is 20.0 Å². The molecule has 112 valence electrons. The SMILES string of the molecule is COCn1c2c(c(=O)n(COC)c1=O)C(C)=C(C#N)CN2. The Morgan fingerprint density at radius 3 is 2.43 bits per heavy atom. The third-order valence-corrected chi connectivity index (χ3v) is 3.34. The van der Waals surface area contributed by atoms with Crippen molar-refractivity contribution in [2.75, 3.05) is 26.1 Å². The van der Waals surface area contributed by atoms with Crippen molar-refractivity contribution in [2.24, 2.45) is 0 Å². The van der Waals surface area contributed by atoms with E-state index >= 15 is 0 Å². The summed E-state index contributed by atoms with van der Waals surface area (Å²) in [5.41, 5.74) is 0.313. The highest BCUT2D eigenvalue weighted by Gasteiger charge is 2.25. The number of fused-ring (bicyclic) bond motifs is 1. The number of nitrogens with one attached hydrogen (secondary N) is 1. The molecule has 0 saturated heterocycles. The molecule has 1 aromatic heterocycles. The minimum atomic E-state index is -0.525. The number of rotatable bonds is 4. The van der Waals surface area contributed by atoms with Crippen LogP contribution in [-0.2, 0) is 22.9 Å². The topological polar surface area (TPSA) is 98.3 Å². The van der Waals surface area contributed by atoms with E-state index in [4.69, 9.17) is 14.7 Å². The molecule has 21 heavy (non-hydrogen) atoms. The molecular formula is C13H16N4O4. The summed E-state index contributed by atoms with van der Waals surface area (Å²) in [6, 6.07) is 2.06. The van der Waals surface area contributed by atoms with E-state index in [1.165, 1.54) is 18.8 Å². The molecule has 0 fully saturated rings. The van der Waals surface area contributed by atoms with Gasteiger partial charge < -0.3 is 14.8 Å². The van der Waals surface area contributed by atoms with Gasteiger partial charge in [0.15, 0.2) is 0 Å². The van der Waals surface area contributed by atoms with Crippen LogP contribution in [0.3, 0.4) is 0 Å². The Morgan fingerprint density at radius 2 is 1.86 bits per heavy atom. The molecule has 1 N–H and O–H groups in total. The molecule has 0 radical (unpaired) electrons. The zero-order valence-corrected chi connectivity index (χ0v) is 12.1. The molecule has 0 spiro atoms. The molecule has 0 aliphatic carbocycles. The number of allylic oxidation sites excluding steroid dienone is 1. The van der Waals surface area contributed by atoms with Gasteiger partial charge in [-0.25, -0.2) is 9.36 Å². The number of hydrogen-bond donors (Lipinski definition) is 1. The Labute approximate surface area is 120 Å². The monoisotopic (exact) mass is 292 g/mol. The largest absolute Gasteiger partial charge is 0.366 e. The van der Waals surface area contributed by atoms with Crippen LogP contribution in [0.5, 0.6) is 0 Å². The molecule has 2 heterocycles. The second-order valence-corrected chi connectivity index (χ2v) is 4.57. The van der Waals surface area contributed by atoms with Gasteiger partial charge in [-0.15, -0.1) is 0 Å². The molecule has 0 aromatic carbocycles. The predicted octanol–water partition coefficient (Wildman–Crippen LogP) is -0.0596. The molecule has 0 saturated carbocycles. The van der Waals surface area contributed by atoms with Gasteiger partial charge in [-0.2, -0.15) is 5.26 Å².